The number of methoxy groups -OCH3 is 1. The van der Waals surface area contributed by atoms with Crippen molar-refractivity contribution in [2.75, 3.05) is 34.5 Å². The molecule has 0 amide bonds. The van der Waals surface area contributed by atoms with E-state index in [0.29, 0.717) is 33.0 Å². The Bertz CT molecular complexity index is 1080. The van der Waals surface area contributed by atoms with Crippen molar-refractivity contribution in [2.24, 2.45) is 0 Å². The zero-order valence-electron chi connectivity index (χ0n) is 18.6. The van der Waals surface area contributed by atoms with Crippen molar-refractivity contribution in [3.05, 3.63) is 39.1 Å². The number of hydrogen-bond acceptors (Lipinski definition) is 6. The van der Waals surface area contributed by atoms with E-state index in [2.05, 4.69) is 25.9 Å². The van der Waals surface area contributed by atoms with Crippen LogP contribution in [0.5, 0.6) is 17.2 Å². The third-order valence-electron chi connectivity index (χ3n) is 5.83. The third kappa shape index (κ3) is 4.29. The second-order valence-electron chi connectivity index (χ2n) is 9.08. The Hall–Kier alpha value is -2.53. The molecule has 0 saturated heterocycles. The van der Waals surface area contributed by atoms with Crippen LogP contribution in [0.15, 0.2) is 18.2 Å². The van der Waals surface area contributed by atoms with E-state index in [1.807, 2.05) is 18.2 Å². The zero-order chi connectivity index (χ0) is 22.4. The van der Waals surface area contributed by atoms with Crippen LogP contribution in [0.2, 0.25) is 0 Å². The lowest BCUT2D eigenvalue weighted by molar-refractivity contribution is -0.922. The predicted molar refractivity (Wildman–Crippen MR) is 119 cm³/mol. The number of thiophene rings is 1. The number of ether oxygens (including phenoxy) is 3. The average Bonchev–Trinajstić information content (AvgIpc) is 3.35. The number of hydrogen-bond donors (Lipinski definition) is 1. The number of benzene rings is 1. The molecule has 1 N–H and O–H groups in total. The third-order valence-corrected chi connectivity index (χ3v) is 6.88. The lowest BCUT2D eigenvalue weighted by Gasteiger charge is -2.43. The molecule has 2 aromatic rings. The van der Waals surface area contributed by atoms with Gasteiger partial charge in [-0.15, -0.1) is 11.3 Å². The standard InChI is InChI=1S/C24H28NO5S/c1-24(2,27)10-8-16-6-7-20(31-16)18(26)13-17-21-15(9-11-25(17,3)4)12-19-22(23(21)28-5)30-14-29-19/h6-7,12,17,27H,9,11,13-14H2,1-5H3/q+1/t17-/m1/s1. The normalized spacial score (nSPS) is 18.7. The summed E-state index contributed by atoms with van der Waals surface area (Å²) in [6.07, 6.45) is 1.24. The highest BCUT2D eigenvalue weighted by Gasteiger charge is 2.42. The van der Waals surface area contributed by atoms with Gasteiger partial charge in [-0.1, -0.05) is 11.8 Å². The highest BCUT2D eigenvalue weighted by atomic mass is 32.1. The molecule has 164 valence electrons. The fourth-order valence-corrected chi connectivity index (χ4v) is 4.97. The fourth-order valence-electron chi connectivity index (χ4n) is 4.16. The van der Waals surface area contributed by atoms with Gasteiger partial charge in [0.25, 0.3) is 0 Å². The van der Waals surface area contributed by atoms with Gasteiger partial charge in [0.1, 0.15) is 11.6 Å². The second-order valence-corrected chi connectivity index (χ2v) is 10.2. The Morgan fingerprint density at radius 2 is 2.13 bits per heavy atom. The van der Waals surface area contributed by atoms with Gasteiger partial charge in [0.05, 0.1) is 49.5 Å². The minimum absolute atomic E-state index is 0.0614. The summed E-state index contributed by atoms with van der Waals surface area (Å²) in [7, 11) is 5.94. The van der Waals surface area contributed by atoms with Crippen LogP contribution in [0.1, 0.15) is 52.0 Å². The molecule has 0 fully saturated rings. The first-order chi connectivity index (χ1) is 14.6. The van der Waals surface area contributed by atoms with Gasteiger partial charge < -0.3 is 23.8 Å². The fraction of sp³-hybridized carbons (Fsp3) is 0.458. The molecule has 1 aromatic carbocycles. The summed E-state index contributed by atoms with van der Waals surface area (Å²) in [6.45, 7) is 4.37. The highest BCUT2D eigenvalue weighted by Crippen LogP contribution is 2.51. The van der Waals surface area contributed by atoms with Gasteiger partial charge >= 0.3 is 0 Å². The Labute approximate surface area is 186 Å². The largest absolute Gasteiger partial charge is 0.492 e. The summed E-state index contributed by atoms with van der Waals surface area (Å²) in [5, 5.41) is 9.81. The summed E-state index contributed by atoms with van der Waals surface area (Å²) in [4.78, 5) is 14.7. The van der Waals surface area contributed by atoms with Gasteiger partial charge in [-0.3, -0.25) is 4.79 Å². The van der Waals surface area contributed by atoms with Crippen LogP contribution in [0, 0.1) is 11.8 Å². The van der Waals surface area contributed by atoms with Crippen molar-refractivity contribution in [1.82, 2.24) is 0 Å². The SMILES string of the molecule is COc1c2c(cc3c1[C@@H](CC(=O)c1ccc(C#CC(C)(C)O)s1)[N+](C)(C)CC3)OCO2. The Morgan fingerprint density at radius 3 is 2.84 bits per heavy atom. The second kappa shape index (κ2) is 7.86. The maximum absolute atomic E-state index is 13.3. The van der Waals surface area contributed by atoms with Crippen molar-refractivity contribution in [2.45, 2.75) is 38.3 Å². The molecule has 0 saturated carbocycles. The van der Waals surface area contributed by atoms with E-state index in [4.69, 9.17) is 14.2 Å². The topological polar surface area (TPSA) is 65.0 Å². The van der Waals surface area contributed by atoms with E-state index < -0.39 is 5.60 Å². The number of aliphatic hydroxyl groups is 1. The molecule has 7 heteroatoms. The number of fused-ring (bicyclic) bond motifs is 2. The summed E-state index contributed by atoms with van der Waals surface area (Å²) >= 11 is 1.36. The van der Waals surface area contributed by atoms with Gasteiger partial charge in [0.15, 0.2) is 17.3 Å². The molecule has 31 heavy (non-hydrogen) atoms. The highest BCUT2D eigenvalue weighted by molar-refractivity contribution is 7.14. The first-order valence-electron chi connectivity index (χ1n) is 10.3. The first-order valence-corrected chi connectivity index (χ1v) is 11.1. The Morgan fingerprint density at radius 1 is 1.35 bits per heavy atom. The minimum atomic E-state index is -1.07. The van der Waals surface area contributed by atoms with E-state index in [-0.39, 0.29) is 18.6 Å². The van der Waals surface area contributed by atoms with E-state index in [9.17, 15) is 9.90 Å². The first kappa shape index (κ1) is 21.7. The molecule has 0 spiro atoms. The number of Topliss-reactive ketones (excluding diaryl/α,β-unsaturated/α-hetero) is 1. The molecule has 1 aromatic heterocycles. The van der Waals surface area contributed by atoms with Gasteiger partial charge in [-0.2, -0.15) is 0 Å². The van der Waals surface area contributed by atoms with Crippen molar-refractivity contribution in [3.8, 4) is 29.1 Å². The Kier molecular flexibility index (Phi) is 5.50. The molecule has 0 aliphatic carbocycles. The molecular formula is C24H28NO5S+. The molecule has 0 unspecified atom stereocenters. The number of carbonyl (C=O) groups excluding carboxylic acids is 1. The quantitative estimate of drug-likeness (QED) is 0.446. The number of carbonyl (C=O) groups is 1. The van der Waals surface area contributed by atoms with Crippen LogP contribution < -0.4 is 14.2 Å². The molecule has 6 nitrogen and oxygen atoms in total. The van der Waals surface area contributed by atoms with Crippen molar-refractivity contribution < 1.29 is 28.6 Å². The molecule has 0 bridgehead atoms. The summed E-state index contributed by atoms with van der Waals surface area (Å²) in [5.41, 5.74) is 1.12. The minimum Gasteiger partial charge on any atom is -0.492 e. The number of quaternary nitrogens is 1. The molecule has 4 rings (SSSR count). The number of ketones is 1. The average molecular weight is 443 g/mol. The number of likely N-dealkylation sites (N-methyl/N-ethyl adjacent to an activating group) is 1. The molecule has 3 heterocycles. The van der Waals surface area contributed by atoms with E-state index in [1.165, 1.54) is 11.3 Å². The summed E-state index contributed by atoms with van der Waals surface area (Å²) in [6, 6.07) is 5.63. The van der Waals surface area contributed by atoms with Gasteiger partial charge in [-0.25, -0.2) is 0 Å². The van der Waals surface area contributed by atoms with Crippen LogP contribution in [-0.4, -0.2) is 55.5 Å². The van der Waals surface area contributed by atoms with Crippen LogP contribution in [0.25, 0.3) is 0 Å². The summed E-state index contributed by atoms with van der Waals surface area (Å²) < 4.78 is 17.7. The molecule has 2 aliphatic heterocycles. The summed E-state index contributed by atoms with van der Waals surface area (Å²) in [5.74, 6) is 7.84. The van der Waals surface area contributed by atoms with Gasteiger partial charge in [0, 0.05) is 6.42 Å². The van der Waals surface area contributed by atoms with E-state index >= 15 is 0 Å². The lowest BCUT2D eigenvalue weighted by Crippen LogP contribution is -2.48. The predicted octanol–water partition coefficient (Wildman–Crippen LogP) is 3.55. The zero-order valence-corrected chi connectivity index (χ0v) is 19.4. The van der Waals surface area contributed by atoms with Crippen molar-refractivity contribution >= 4 is 17.1 Å². The van der Waals surface area contributed by atoms with Crippen LogP contribution in [0.3, 0.4) is 0 Å². The lowest BCUT2D eigenvalue weighted by atomic mass is 9.86. The van der Waals surface area contributed by atoms with E-state index in [1.54, 1.807) is 21.0 Å². The van der Waals surface area contributed by atoms with Crippen LogP contribution >= 0.6 is 11.3 Å². The maximum Gasteiger partial charge on any atom is 0.231 e. The van der Waals surface area contributed by atoms with Gasteiger partial charge in [0.2, 0.25) is 12.5 Å². The molecule has 0 radical (unpaired) electrons. The number of nitrogens with zero attached hydrogens (tertiary/aromatic N) is 1. The Balaban J connectivity index is 1.67. The molecule has 2 aliphatic rings. The van der Waals surface area contributed by atoms with Crippen LogP contribution in [-0.2, 0) is 6.42 Å². The smallest absolute Gasteiger partial charge is 0.231 e. The number of rotatable bonds is 4. The van der Waals surface area contributed by atoms with E-state index in [0.717, 1.165) is 29.0 Å². The molecular weight excluding hydrogens is 414 g/mol. The monoisotopic (exact) mass is 442 g/mol. The van der Waals surface area contributed by atoms with Crippen molar-refractivity contribution in [1.29, 1.82) is 0 Å². The van der Waals surface area contributed by atoms with Crippen molar-refractivity contribution in [3.63, 3.8) is 0 Å². The van der Waals surface area contributed by atoms with Gasteiger partial charge in [-0.05, 0) is 37.6 Å². The maximum atomic E-state index is 13.3. The molecule has 1 atom stereocenters. The van der Waals surface area contributed by atoms with Crippen LogP contribution in [0.4, 0.5) is 0 Å².